The molecule has 0 aromatic heterocycles. The van der Waals surface area contributed by atoms with Gasteiger partial charge in [0.25, 0.3) is 0 Å². The average Bonchev–Trinajstić information content (AvgIpc) is 2.84. The third-order valence-corrected chi connectivity index (χ3v) is 4.30. The van der Waals surface area contributed by atoms with Gasteiger partial charge in [0, 0.05) is 26.2 Å². The van der Waals surface area contributed by atoms with Gasteiger partial charge in [-0.25, -0.2) is 4.79 Å². The summed E-state index contributed by atoms with van der Waals surface area (Å²) in [6.07, 6.45) is 3.64. The van der Waals surface area contributed by atoms with Gasteiger partial charge in [-0.05, 0) is 44.2 Å². The minimum Gasteiger partial charge on any atom is -0.338 e. The Labute approximate surface area is 111 Å². The molecule has 0 aromatic rings. The summed E-state index contributed by atoms with van der Waals surface area (Å²) >= 11 is 0. The standard InChI is InChI=1S/C14H27N3O/c1-3-16-8-6-13(11-16)9-15-14(18)17-7-4-5-12(2)10-17/h12-13H,3-11H2,1-2H3,(H,15,18). The first-order valence-electron chi connectivity index (χ1n) is 7.44. The third-order valence-electron chi connectivity index (χ3n) is 4.30. The molecule has 0 aliphatic carbocycles. The highest BCUT2D eigenvalue weighted by molar-refractivity contribution is 5.74. The van der Waals surface area contributed by atoms with Crippen molar-refractivity contribution in [3.05, 3.63) is 0 Å². The van der Waals surface area contributed by atoms with E-state index < -0.39 is 0 Å². The van der Waals surface area contributed by atoms with Crippen LogP contribution in [-0.2, 0) is 0 Å². The molecule has 2 heterocycles. The summed E-state index contributed by atoms with van der Waals surface area (Å²) in [5.41, 5.74) is 0. The van der Waals surface area contributed by atoms with Gasteiger partial charge in [-0.15, -0.1) is 0 Å². The number of carbonyl (C=O) groups excluding carboxylic acids is 1. The quantitative estimate of drug-likeness (QED) is 0.832. The molecule has 0 spiro atoms. The van der Waals surface area contributed by atoms with Crippen molar-refractivity contribution in [2.45, 2.75) is 33.1 Å². The van der Waals surface area contributed by atoms with E-state index in [2.05, 4.69) is 24.1 Å². The molecule has 2 amide bonds. The predicted octanol–water partition coefficient (Wildman–Crippen LogP) is 1.77. The minimum atomic E-state index is 0.150. The van der Waals surface area contributed by atoms with Crippen LogP contribution in [0.25, 0.3) is 0 Å². The van der Waals surface area contributed by atoms with Gasteiger partial charge in [0.1, 0.15) is 0 Å². The van der Waals surface area contributed by atoms with E-state index in [9.17, 15) is 4.79 Å². The number of urea groups is 1. The van der Waals surface area contributed by atoms with Crippen LogP contribution in [0, 0.1) is 11.8 Å². The molecule has 0 bridgehead atoms. The molecule has 2 aliphatic heterocycles. The summed E-state index contributed by atoms with van der Waals surface area (Å²) in [7, 11) is 0. The van der Waals surface area contributed by atoms with Crippen LogP contribution in [0.5, 0.6) is 0 Å². The Bertz CT molecular complexity index is 282. The largest absolute Gasteiger partial charge is 0.338 e. The fourth-order valence-corrected chi connectivity index (χ4v) is 3.08. The molecule has 0 saturated carbocycles. The molecular weight excluding hydrogens is 226 g/mol. The summed E-state index contributed by atoms with van der Waals surface area (Å²) in [4.78, 5) is 16.5. The normalized spacial score (nSPS) is 29.6. The molecule has 0 radical (unpaired) electrons. The van der Waals surface area contributed by atoms with Crippen molar-refractivity contribution in [1.29, 1.82) is 0 Å². The fourth-order valence-electron chi connectivity index (χ4n) is 3.08. The number of nitrogens with one attached hydrogen (secondary N) is 1. The Morgan fingerprint density at radius 2 is 2.11 bits per heavy atom. The van der Waals surface area contributed by atoms with Crippen molar-refractivity contribution in [3.8, 4) is 0 Å². The zero-order chi connectivity index (χ0) is 13.0. The molecule has 2 fully saturated rings. The van der Waals surface area contributed by atoms with Crippen LogP contribution in [0.4, 0.5) is 4.79 Å². The van der Waals surface area contributed by atoms with Crippen molar-refractivity contribution in [2.24, 2.45) is 11.8 Å². The van der Waals surface area contributed by atoms with E-state index in [-0.39, 0.29) is 6.03 Å². The maximum absolute atomic E-state index is 12.1. The van der Waals surface area contributed by atoms with Crippen molar-refractivity contribution >= 4 is 6.03 Å². The number of likely N-dealkylation sites (tertiary alicyclic amines) is 2. The van der Waals surface area contributed by atoms with E-state index in [0.29, 0.717) is 11.8 Å². The van der Waals surface area contributed by atoms with Crippen LogP contribution in [0.3, 0.4) is 0 Å². The van der Waals surface area contributed by atoms with Crippen molar-refractivity contribution < 1.29 is 4.79 Å². The molecule has 2 saturated heterocycles. The number of rotatable bonds is 3. The lowest BCUT2D eigenvalue weighted by atomic mass is 10.0. The first kappa shape index (κ1) is 13.7. The third kappa shape index (κ3) is 3.61. The summed E-state index contributed by atoms with van der Waals surface area (Å²) in [6.45, 7) is 10.6. The highest BCUT2D eigenvalue weighted by Crippen LogP contribution is 2.17. The summed E-state index contributed by atoms with van der Waals surface area (Å²) < 4.78 is 0. The van der Waals surface area contributed by atoms with Crippen LogP contribution in [-0.4, -0.2) is 55.1 Å². The topological polar surface area (TPSA) is 35.6 Å². The monoisotopic (exact) mass is 253 g/mol. The Morgan fingerprint density at radius 1 is 1.28 bits per heavy atom. The molecule has 4 heteroatoms. The minimum absolute atomic E-state index is 0.150. The van der Waals surface area contributed by atoms with Gasteiger partial charge in [0.15, 0.2) is 0 Å². The van der Waals surface area contributed by atoms with Gasteiger partial charge >= 0.3 is 6.03 Å². The Morgan fingerprint density at radius 3 is 2.78 bits per heavy atom. The second-order valence-electron chi connectivity index (χ2n) is 5.93. The number of piperidine rings is 1. The zero-order valence-corrected chi connectivity index (χ0v) is 11.8. The number of hydrogen-bond acceptors (Lipinski definition) is 2. The second kappa shape index (κ2) is 6.41. The molecule has 2 unspecified atom stereocenters. The number of hydrogen-bond donors (Lipinski definition) is 1. The smallest absolute Gasteiger partial charge is 0.317 e. The van der Waals surface area contributed by atoms with Gasteiger partial charge < -0.3 is 15.1 Å². The first-order chi connectivity index (χ1) is 8.69. The zero-order valence-electron chi connectivity index (χ0n) is 11.8. The first-order valence-corrected chi connectivity index (χ1v) is 7.44. The molecule has 2 rings (SSSR count). The fraction of sp³-hybridized carbons (Fsp3) is 0.929. The molecule has 104 valence electrons. The molecular formula is C14H27N3O. The van der Waals surface area contributed by atoms with E-state index >= 15 is 0 Å². The van der Waals surface area contributed by atoms with Gasteiger partial charge in [-0.2, -0.15) is 0 Å². The highest BCUT2D eigenvalue weighted by Gasteiger charge is 2.24. The number of amides is 2. The van der Waals surface area contributed by atoms with E-state index in [1.807, 2.05) is 4.90 Å². The van der Waals surface area contributed by atoms with Crippen molar-refractivity contribution in [2.75, 3.05) is 39.3 Å². The van der Waals surface area contributed by atoms with E-state index in [4.69, 9.17) is 0 Å². The van der Waals surface area contributed by atoms with E-state index in [0.717, 1.165) is 39.1 Å². The molecule has 0 aromatic carbocycles. The highest BCUT2D eigenvalue weighted by atomic mass is 16.2. The number of nitrogens with zero attached hydrogens (tertiary/aromatic N) is 2. The van der Waals surface area contributed by atoms with Gasteiger partial charge in [0.05, 0.1) is 0 Å². The van der Waals surface area contributed by atoms with Crippen LogP contribution in [0.1, 0.15) is 33.1 Å². The average molecular weight is 253 g/mol. The van der Waals surface area contributed by atoms with Crippen molar-refractivity contribution in [3.63, 3.8) is 0 Å². The molecule has 18 heavy (non-hydrogen) atoms. The Kier molecular flexibility index (Phi) is 4.87. The maximum atomic E-state index is 12.1. The Balaban J connectivity index is 1.68. The maximum Gasteiger partial charge on any atom is 0.317 e. The van der Waals surface area contributed by atoms with Crippen LogP contribution < -0.4 is 5.32 Å². The lowest BCUT2D eigenvalue weighted by Crippen LogP contribution is -2.46. The van der Waals surface area contributed by atoms with Gasteiger partial charge in [0.2, 0.25) is 0 Å². The van der Waals surface area contributed by atoms with E-state index in [1.54, 1.807) is 0 Å². The molecule has 2 aliphatic rings. The lowest BCUT2D eigenvalue weighted by molar-refractivity contribution is 0.168. The number of carbonyl (C=O) groups is 1. The van der Waals surface area contributed by atoms with Gasteiger partial charge in [-0.3, -0.25) is 0 Å². The summed E-state index contributed by atoms with van der Waals surface area (Å²) in [5, 5.41) is 3.12. The summed E-state index contributed by atoms with van der Waals surface area (Å²) in [6, 6.07) is 0.150. The van der Waals surface area contributed by atoms with Crippen LogP contribution >= 0.6 is 0 Å². The van der Waals surface area contributed by atoms with Crippen molar-refractivity contribution in [1.82, 2.24) is 15.1 Å². The SMILES string of the molecule is CCN1CCC(CNC(=O)N2CCCC(C)C2)C1. The predicted molar refractivity (Wildman–Crippen MR) is 73.6 cm³/mol. The molecule has 4 nitrogen and oxygen atoms in total. The molecule has 1 N–H and O–H groups in total. The second-order valence-corrected chi connectivity index (χ2v) is 5.93. The lowest BCUT2D eigenvalue weighted by Gasteiger charge is -2.31. The van der Waals surface area contributed by atoms with Crippen LogP contribution in [0.2, 0.25) is 0 Å². The molecule has 2 atom stereocenters. The summed E-state index contributed by atoms with van der Waals surface area (Å²) in [5.74, 6) is 1.31. The van der Waals surface area contributed by atoms with Crippen LogP contribution in [0.15, 0.2) is 0 Å². The Hall–Kier alpha value is -0.770. The van der Waals surface area contributed by atoms with E-state index in [1.165, 1.54) is 19.4 Å². The van der Waals surface area contributed by atoms with Gasteiger partial charge in [-0.1, -0.05) is 13.8 Å².